The van der Waals surface area contributed by atoms with Gasteiger partial charge in [-0.15, -0.1) is 11.3 Å². The number of aromatic nitrogens is 4. The van der Waals surface area contributed by atoms with Gasteiger partial charge < -0.3 is 4.90 Å². The molecule has 0 amide bonds. The second-order valence-electron chi connectivity index (χ2n) is 7.62. The van der Waals surface area contributed by atoms with Crippen molar-refractivity contribution < 1.29 is 4.90 Å². The zero-order valence-electron chi connectivity index (χ0n) is 16.7. The van der Waals surface area contributed by atoms with Crippen molar-refractivity contribution in [3.63, 3.8) is 0 Å². The maximum absolute atomic E-state index is 5.86. The van der Waals surface area contributed by atoms with Crippen LogP contribution in [0.2, 0.25) is 0 Å². The molecule has 3 heterocycles. The van der Waals surface area contributed by atoms with E-state index in [-0.39, 0.29) is 0 Å². The zero-order valence-corrected chi connectivity index (χ0v) is 19.1. The molecule has 2 aromatic heterocycles. The predicted octanol–water partition coefficient (Wildman–Crippen LogP) is 4.00. The van der Waals surface area contributed by atoms with Crippen molar-refractivity contribution >= 4 is 45.5 Å². The molecule has 5 rings (SSSR count). The fourth-order valence-corrected chi connectivity index (χ4v) is 6.19. The molecule has 1 N–H and O–H groups in total. The molecule has 154 valence electrons. The summed E-state index contributed by atoms with van der Waals surface area (Å²) in [6.07, 6.45) is 2.60. The number of quaternary nitrogens is 1. The van der Waals surface area contributed by atoms with Gasteiger partial charge >= 0.3 is 0 Å². The summed E-state index contributed by atoms with van der Waals surface area (Å²) in [7, 11) is 0. The van der Waals surface area contributed by atoms with Crippen molar-refractivity contribution in [2.45, 2.75) is 36.1 Å². The van der Waals surface area contributed by atoms with Crippen LogP contribution in [0, 0.1) is 4.77 Å². The van der Waals surface area contributed by atoms with E-state index in [9.17, 15) is 0 Å². The highest BCUT2D eigenvalue weighted by Crippen LogP contribution is 2.31. The molecule has 0 radical (unpaired) electrons. The highest BCUT2D eigenvalue weighted by Gasteiger charge is 2.19. The average Bonchev–Trinajstić information content (AvgIpc) is 3.49. The largest absolute Gasteiger partial charge is 0.316 e. The smallest absolute Gasteiger partial charge is 0.203 e. The topological polar surface area (TPSA) is 40.1 Å². The molecule has 0 atom stereocenters. The lowest BCUT2D eigenvalue weighted by molar-refractivity contribution is -0.911. The van der Waals surface area contributed by atoms with Gasteiger partial charge in [-0.05, 0) is 29.9 Å². The van der Waals surface area contributed by atoms with Crippen molar-refractivity contribution in [1.82, 2.24) is 19.3 Å². The lowest BCUT2D eigenvalue weighted by atomic mass is 10.2. The Balaban J connectivity index is 1.41. The molecular formula is C22H24N5S3+. The van der Waals surface area contributed by atoms with Crippen molar-refractivity contribution in [2.75, 3.05) is 13.1 Å². The Morgan fingerprint density at radius 1 is 1.03 bits per heavy atom. The molecule has 5 nitrogen and oxygen atoms in total. The number of thiazole rings is 1. The summed E-state index contributed by atoms with van der Waals surface area (Å²) in [6, 6.07) is 18.8. The monoisotopic (exact) mass is 454 g/mol. The van der Waals surface area contributed by atoms with E-state index in [1.165, 1.54) is 36.2 Å². The Kier molecular flexibility index (Phi) is 5.99. The van der Waals surface area contributed by atoms with E-state index in [0.717, 1.165) is 39.4 Å². The van der Waals surface area contributed by atoms with Crippen LogP contribution in [0.4, 0.5) is 0 Å². The van der Waals surface area contributed by atoms with Gasteiger partial charge in [0.25, 0.3) is 0 Å². The van der Waals surface area contributed by atoms with Gasteiger partial charge in [0.1, 0.15) is 5.82 Å². The first-order chi connectivity index (χ1) is 14.8. The summed E-state index contributed by atoms with van der Waals surface area (Å²) in [5.41, 5.74) is 2.31. The van der Waals surface area contributed by atoms with Gasteiger partial charge in [-0.25, -0.2) is 4.98 Å². The van der Waals surface area contributed by atoms with Crippen LogP contribution in [-0.4, -0.2) is 32.4 Å². The second kappa shape index (κ2) is 9.01. The van der Waals surface area contributed by atoms with Crippen LogP contribution in [-0.2, 0) is 19.0 Å². The van der Waals surface area contributed by atoms with Gasteiger partial charge in [-0.1, -0.05) is 54.2 Å². The van der Waals surface area contributed by atoms with Gasteiger partial charge in [0.2, 0.25) is 4.77 Å². The first-order valence-electron chi connectivity index (χ1n) is 10.3. The van der Waals surface area contributed by atoms with E-state index in [0.29, 0.717) is 0 Å². The first kappa shape index (κ1) is 19.9. The molecule has 0 aliphatic carbocycles. The number of thioether (sulfide) groups is 1. The summed E-state index contributed by atoms with van der Waals surface area (Å²) in [6.45, 7) is 4.04. The van der Waals surface area contributed by atoms with Gasteiger partial charge in [-0.2, -0.15) is 9.78 Å². The molecule has 30 heavy (non-hydrogen) atoms. The Hall–Kier alpha value is -2.00. The quantitative estimate of drug-likeness (QED) is 0.338. The van der Waals surface area contributed by atoms with Gasteiger partial charge in [-0.3, -0.25) is 4.57 Å². The van der Waals surface area contributed by atoms with Gasteiger partial charge in [0, 0.05) is 12.8 Å². The minimum Gasteiger partial charge on any atom is -0.316 e. The highest BCUT2D eigenvalue weighted by atomic mass is 32.2. The number of likely N-dealkylation sites (tertiary alicyclic amines) is 1. The van der Waals surface area contributed by atoms with Crippen molar-refractivity contribution in [3.05, 3.63) is 70.8 Å². The third-order valence-electron chi connectivity index (χ3n) is 5.47. The van der Waals surface area contributed by atoms with E-state index in [1.54, 1.807) is 28.0 Å². The third kappa shape index (κ3) is 4.37. The summed E-state index contributed by atoms with van der Waals surface area (Å²) < 4.78 is 7.35. The number of nitrogens with one attached hydrogen (secondary N) is 1. The first-order valence-corrected chi connectivity index (χ1v) is 12.5. The Morgan fingerprint density at radius 2 is 1.80 bits per heavy atom. The third-order valence-corrected chi connectivity index (χ3v) is 8.07. The minimum atomic E-state index is 0.755. The number of benzene rings is 2. The van der Waals surface area contributed by atoms with E-state index in [2.05, 4.69) is 47.0 Å². The number of hydrogen-bond acceptors (Lipinski definition) is 5. The standard InChI is InChI=1S/C22H23N5S3/c28-22-26(14-17-8-2-1-3-9-17)20(24-27(22)16-25-12-6-7-13-25)15-29-21-23-18-10-4-5-11-19(18)30-21/h1-5,8-11H,6-7,12-16H2/p+1. The maximum Gasteiger partial charge on any atom is 0.203 e. The highest BCUT2D eigenvalue weighted by molar-refractivity contribution is 8.00. The van der Waals surface area contributed by atoms with E-state index >= 15 is 0 Å². The number of nitrogens with zero attached hydrogens (tertiary/aromatic N) is 4. The van der Waals surface area contributed by atoms with Crippen LogP contribution >= 0.6 is 35.3 Å². The second-order valence-corrected chi connectivity index (χ2v) is 10.2. The maximum atomic E-state index is 5.86. The fraction of sp³-hybridized carbons (Fsp3) is 0.318. The van der Waals surface area contributed by atoms with Crippen LogP contribution in [0.5, 0.6) is 0 Å². The van der Waals surface area contributed by atoms with Crippen molar-refractivity contribution in [3.8, 4) is 0 Å². The molecule has 1 fully saturated rings. The van der Waals surface area contributed by atoms with E-state index in [1.807, 2.05) is 16.8 Å². The molecule has 1 aliphatic heterocycles. The lowest BCUT2D eigenvalue weighted by Gasteiger charge is -2.11. The average molecular weight is 455 g/mol. The molecule has 0 unspecified atom stereocenters. The number of para-hydroxylation sites is 1. The summed E-state index contributed by atoms with van der Waals surface area (Å²) in [5.74, 6) is 1.78. The molecule has 8 heteroatoms. The van der Waals surface area contributed by atoms with Crippen LogP contribution in [0.25, 0.3) is 10.2 Å². The molecule has 0 saturated carbocycles. The molecular weight excluding hydrogens is 430 g/mol. The Morgan fingerprint density at radius 3 is 2.60 bits per heavy atom. The Bertz CT molecular complexity index is 1160. The van der Waals surface area contributed by atoms with E-state index in [4.69, 9.17) is 22.3 Å². The molecule has 1 saturated heterocycles. The predicted molar refractivity (Wildman–Crippen MR) is 126 cm³/mol. The van der Waals surface area contributed by atoms with Crippen LogP contribution in [0.15, 0.2) is 58.9 Å². The van der Waals surface area contributed by atoms with Gasteiger partial charge in [0.15, 0.2) is 11.0 Å². The minimum absolute atomic E-state index is 0.755. The number of rotatable bonds is 7. The van der Waals surface area contributed by atoms with E-state index < -0.39 is 0 Å². The van der Waals surface area contributed by atoms with Crippen LogP contribution < -0.4 is 4.90 Å². The lowest BCUT2D eigenvalue weighted by Crippen LogP contribution is -3.09. The van der Waals surface area contributed by atoms with Crippen molar-refractivity contribution in [2.24, 2.45) is 0 Å². The SMILES string of the molecule is S=c1n(C[NH+]2CCCC2)nc(CSc2nc3ccccc3s2)n1Cc1ccccc1. The van der Waals surface area contributed by atoms with Crippen LogP contribution in [0.1, 0.15) is 24.2 Å². The summed E-state index contributed by atoms with van der Waals surface area (Å²) in [4.78, 5) is 6.33. The Labute approximate surface area is 189 Å². The molecule has 2 aromatic carbocycles. The summed E-state index contributed by atoms with van der Waals surface area (Å²) >= 11 is 9.35. The van der Waals surface area contributed by atoms with Gasteiger partial charge in [0.05, 0.1) is 35.6 Å². The van der Waals surface area contributed by atoms with Crippen molar-refractivity contribution in [1.29, 1.82) is 0 Å². The summed E-state index contributed by atoms with van der Waals surface area (Å²) in [5, 5.41) is 4.95. The fourth-order valence-electron chi connectivity index (χ4n) is 3.90. The number of fused-ring (bicyclic) bond motifs is 1. The molecule has 0 bridgehead atoms. The normalized spacial score (nSPS) is 14.7. The molecule has 0 spiro atoms. The zero-order chi connectivity index (χ0) is 20.3. The van der Waals surface area contributed by atoms with Crippen LogP contribution in [0.3, 0.4) is 0 Å². The molecule has 4 aromatic rings. The molecule has 1 aliphatic rings. The number of hydrogen-bond donors (Lipinski definition) is 1.